The van der Waals surface area contributed by atoms with Gasteiger partial charge in [-0.25, -0.2) is 0 Å². The molecule has 0 amide bonds. The molecule has 2 aliphatic heterocycles. The Morgan fingerprint density at radius 2 is 1.72 bits per heavy atom. The van der Waals surface area contributed by atoms with Crippen molar-refractivity contribution in [3.8, 4) is 0 Å². The lowest BCUT2D eigenvalue weighted by atomic mass is 9.74. The maximum atomic E-state index is 5.06. The van der Waals surface area contributed by atoms with Crippen LogP contribution < -0.4 is 5.32 Å². The fourth-order valence-corrected chi connectivity index (χ4v) is 5.48. The van der Waals surface area contributed by atoms with Crippen LogP contribution in [0.4, 0.5) is 5.69 Å². The average molecular weight is 399 g/mol. The largest absolute Gasteiger partial charge is 0.341 e. The average Bonchev–Trinajstić information content (AvgIpc) is 3.18. The second kappa shape index (κ2) is 8.46. The Kier molecular flexibility index (Phi) is 5.40. The molecule has 1 N–H and O–H groups in total. The van der Waals surface area contributed by atoms with Gasteiger partial charge < -0.3 is 5.32 Å². The fraction of sp³-hybridized carbons (Fsp3) is 0.269. The number of hydrogen-bond donors (Lipinski definition) is 1. The maximum Gasteiger partial charge on any atom is 0.125 e. The maximum absolute atomic E-state index is 5.06. The number of aliphatic imine (C=N–C) groups is 1. The highest BCUT2D eigenvalue weighted by atomic mass is 32.2. The first-order valence-corrected chi connectivity index (χ1v) is 11.6. The molecular weight excluding hydrogens is 372 g/mol. The smallest absolute Gasteiger partial charge is 0.125 e. The van der Waals surface area contributed by atoms with Crippen molar-refractivity contribution >= 4 is 29.4 Å². The molecule has 2 nitrogen and oxygen atoms in total. The van der Waals surface area contributed by atoms with E-state index >= 15 is 0 Å². The summed E-state index contributed by atoms with van der Waals surface area (Å²) in [5, 5.41) is 5.90. The zero-order chi connectivity index (χ0) is 19.5. The van der Waals surface area contributed by atoms with Gasteiger partial charge in [-0.05, 0) is 59.9 Å². The van der Waals surface area contributed by atoms with Gasteiger partial charge in [0.1, 0.15) is 5.84 Å². The van der Waals surface area contributed by atoms with E-state index < -0.39 is 0 Å². The highest BCUT2D eigenvalue weighted by molar-refractivity contribution is 8.02. The summed E-state index contributed by atoms with van der Waals surface area (Å²) in [5.74, 6) is 3.36. The molecule has 1 aliphatic carbocycles. The number of anilines is 1. The summed E-state index contributed by atoms with van der Waals surface area (Å²) in [4.78, 5) is 5.06. The van der Waals surface area contributed by atoms with E-state index in [0.717, 1.165) is 17.3 Å². The molecule has 0 aromatic heterocycles. The van der Waals surface area contributed by atoms with E-state index in [4.69, 9.17) is 4.99 Å². The minimum Gasteiger partial charge on any atom is -0.341 e. The van der Waals surface area contributed by atoms with Gasteiger partial charge in [-0.3, -0.25) is 4.99 Å². The molecule has 1 saturated carbocycles. The number of rotatable bonds is 4. The van der Waals surface area contributed by atoms with E-state index in [9.17, 15) is 0 Å². The normalized spacial score (nSPS) is 26.1. The molecule has 3 unspecified atom stereocenters. The highest BCUT2D eigenvalue weighted by Gasteiger charge is 2.35. The fourth-order valence-electron chi connectivity index (χ4n) is 4.35. The number of allylic oxidation sites excluding steroid dienone is 3. The summed E-state index contributed by atoms with van der Waals surface area (Å²) in [6.07, 6.45) is 10.6. The summed E-state index contributed by atoms with van der Waals surface area (Å²) in [6, 6.07) is 21.5. The van der Waals surface area contributed by atoms with Crippen LogP contribution in [-0.2, 0) is 0 Å². The van der Waals surface area contributed by atoms with Gasteiger partial charge in [0, 0.05) is 17.4 Å². The van der Waals surface area contributed by atoms with E-state index in [2.05, 4.69) is 89.6 Å². The Bertz CT molecular complexity index is 972. The van der Waals surface area contributed by atoms with Crippen LogP contribution in [0.5, 0.6) is 0 Å². The summed E-state index contributed by atoms with van der Waals surface area (Å²) >= 11 is 1.94. The lowest BCUT2D eigenvalue weighted by molar-refractivity contribution is 0.256. The third kappa shape index (κ3) is 4.25. The Balaban J connectivity index is 1.39. The molecule has 0 saturated heterocycles. The van der Waals surface area contributed by atoms with E-state index in [0.29, 0.717) is 17.9 Å². The van der Waals surface area contributed by atoms with Gasteiger partial charge in [-0.15, -0.1) is 11.8 Å². The molecule has 0 spiro atoms. The Hall–Kier alpha value is -2.52. The zero-order valence-electron chi connectivity index (χ0n) is 16.5. The third-order valence-corrected chi connectivity index (χ3v) is 7.11. The minimum absolute atomic E-state index is 0.483. The van der Waals surface area contributed by atoms with Crippen molar-refractivity contribution in [2.24, 2.45) is 16.8 Å². The SMILES string of the molecule is C1=C(/C=C/c2ccccc2)C(C2=CC(Nc3ccccc3)=NC3CCC3C2)CS1. The number of hydrogen-bond acceptors (Lipinski definition) is 3. The number of thioether (sulfide) groups is 1. The summed E-state index contributed by atoms with van der Waals surface area (Å²) in [7, 11) is 0. The summed E-state index contributed by atoms with van der Waals surface area (Å²) in [5.41, 5.74) is 5.33. The second-order valence-electron chi connectivity index (χ2n) is 8.08. The molecule has 2 aromatic carbocycles. The molecular formula is C26H26N2S. The van der Waals surface area contributed by atoms with Crippen LogP contribution in [0.15, 0.2) is 94.4 Å². The van der Waals surface area contributed by atoms with Crippen LogP contribution in [0.1, 0.15) is 24.8 Å². The number of nitrogens with one attached hydrogen (secondary N) is 1. The number of fused-ring (bicyclic) bond motifs is 1. The van der Waals surface area contributed by atoms with Crippen LogP contribution >= 0.6 is 11.8 Å². The zero-order valence-corrected chi connectivity index (χ0v) is 17.3. The highest BCUT2D eigenvalue weighted by Crippen LogP contribution is 2.43. The van der Waals surface area contributed by atoms with E-state index in [1.807, 2.05) is 11.8 Å². The molecule has 5 rings (SSSR count). The first-order chi connectivity index (χ1) is 14.3. The van der Waals surface area contributed by atoms with Gasteiger partial charge >= 0.3 is 0 Å². The molecule has 29 heavy (non-hydrogen) atoms. The molecule has 0 bridgehead atoms. The Morgan fingerprint density at radius 3 is 2.48 bits per heavy atom. The van der Waals surface area contributed by atoms with Crippen LogP contribution in [0.3, 0.4) is 0 Å². The van der Waals surface area contributed by atoms with Crippen molar-refractivity contribution < 1.29 is 0 Å². The van der Waals surface area contributed by atoms with Crippen molar-refractivity contribution in [3.63, 3.8) is 0 Å². The van der Waals surface area contributed by atoms with E-state index in [-0.39, 0.29) is 0 Å². The molecule has 3 heteroatoms. The molecule has 1 fully saturated rings. The van der Waals surface area contributed by atoms with Gasteiger partial charge in [0.2, 0.25) is 0 Å². The topological polar surface area (TPSA) is 24.4 Å². The first kappa shape index (κ1) is 18.5. The second-order valence-corrected chi connectivity index (χ2v) is 8.98. The predicted octanol–water partition coefficient (Wildman–Crippen LogP) is 6.57. The minimum atomic E-state index is 0.483. The van der Waals surface area contributed by atoms with Gasteiger partial charge in [0.05, 0.1) is 6.04 Å². The lowest BCUT2D eigenvalue weighted by Gasteiger charge is -2.34. The van der Waals surface area contributed by atoms with Gasteiger partial charge in [-0.1, -0.05) is 66.3 Å². The third-order valence-electron chi connectivity index (χ3n) is 6.15. The van der Waals surface area contributed by atoms with E-state index in [1.165, 1.54) is 36.0 Å². The summed E-state index contributed by atoms with van der Waals surface area (Å²) < 4.78 is 0. The van der Waals surface area contributed by atoms with Crippen molar-refractivity contribution in [1.29, 1.82) is 0 Å². The Labute approximate surface area is 177 Å². The van der Waals surface area contributed by atoms with Gasteiger partial charge in [0.15, 0.2) is 0 Å². The van der Waals surface area contributed by atoms with Crippen molar-refractivity contribution in [1.82, 2.24) is 0 Å². The number of nitrogens with zero attached hydrogens (tertiary/aromatic N) is 1. The molecule has 2 heterocycles. The quantitative estimate of drug-likeness (QED) is 0.630. The number of para-hydroxylation sites is 1. The molecule has 146 valence electrons. The van der Waals surface area contributed by atoms with Crippen molar-refractivity contribution in [2.45, 2.75) is 25.3 Å². The Morgan fingerprint density at radius 1 is 0.931 bits per heavy atom. The van der Waals surface area contributed by atoms with Crippen molar-refractivity contribution in [3.05, 3.63) is 94.9 Å². The molecule has 0 radical (unpaired) electrons. The standard InChI is InChI=1S/C26H26N2S/c1-3-7-19(8-4-1)11-12-21-17-29-18-24(21)22-15-20-13-14-25(20)28-26(16-22)27-23-9-5-2-6-10-23/h1-12,16-17,20,24-25H,13-15,18H2,(H,27,28)/b12-11+. The predicted molar refractivity (Wildman–Crippen MR) is 126 cm³/mol. The van der Waals surface area contributed by atoms with Crippen LogP contribution in [0, 0.1) is 11.8 Å². The van der Waals surface area contributed by atoms with Gasteiger partial charge in [-0.2, -0.15) is 0 Å². The van der Waals surface area contributed by atoms with Crippen molar-refractivity contribution in [2.75, 3.05) is 11.1 Å². The first-order valence-electron chi connectivity index (χ1n) is 10.5. The summed E-state index contributed by atoms with van der Waals surface area (Å²) in [6.45, 7) is 0. The van der Waals surface area contributed by atoms with Crippen LogP contribution in [0.25, 0.3) is 6.08 Å². The number of benzene rings is 2. The monoisotopic (exact) mass is 398 g/mol. The molecule has 3 atom stereocenters. The van der Waals surface area contributed by atoms with Crippen LogP contribution in [-0.4, -0.2) is 17.6 Å². The van der Waals surface area contributed by atoms with E-state index in [1.54, 1.807) is 0 Å². The number of amidine groups is 1. The molecule has 3 aliphatic rings. The van der Waals surface area contributed by atoms with Crippen LogP contribution in [0.2, 0.25) is 0 Å². The lowest BCUT2D eigenvalue weighted by Crippen LogP contribution is -2.30. The van der Waals surface area contributed by atoms with Gasteiger partial charge in [0.25, 0.3) is 0 Å². The molecule has 2 aromatic rings.